The molecule has 1 atom stereocenters. The van der Waals surface area contributed by atoms with Crippen molar-refractivity contribution in [1.29, 1.82) is 0 Å². The quantitative estimate of drug-likeness (QED) is 0.836. The molecule has 5 heteroatoms. The second-order valence-electron chi connectivity index (χ2n) is 7.65. The van der Waals surface area contributed by atoms with Gasteiger partial charge >= 0.3 is 0 Å². The maximum atomic E-state index is 12.8. The zero-order chi connectivity index (χ0) is 18.6. The van der Waals surface area contributed by atoms with Crippen molar-refractivity contribution in [1.82, 2.24) is 14.8 Å². The minimum absolute atomic E-state index is 0.272. The van der Waals surface area contributed by atoms with Crippen LogP contribution >= 0.6 is 0 Å². The summed E-state index contributed by atoms with van der Waals surface area (Å²) < 4.78 is 0. The first-order valence-electron chi connectivity index (χ1n) is 9.92. The fourth-order valence-corrected chi connectivity index (χ4v) is 4.21. The Hall–Kier alpha value is -2.40. The van der Waals surface area contributed by atoms with Crippen molar-refractivity contribution < 1.29 is 4.79 Å². The zero-order valence-corrected chi connectivity index (χ0v) is 16.1. The van der Waals surface area contributed by atoms with E-state index in [1.54, 1.807) is 0 Å². The van der Waals surface area contributed by atoms with Gasteiger partial charge in [-0.05, 0) is 43.5 Å². The van der Waals surface area contributed by atoms with Gasteiger partial charge in [-0.1, -0.05) is 30.3 Å². The lowest BCUT2D eigenvalue weighted by Gasteiger charge is -2.36. The Morgan fingerprint density at radius 3 is 2.59 bits per heavy atom. The van der Waals surface area contributed by atoms with Crippen LogP contribution in [0.15, 0.2) is 48.7 Å². The lowest BCUT2D eigenvalue weighted by molar-refractivity contribution is -0.132. The molecular formula is C22H28N4O. The lowest BCUT2D eigenvalue weighted by atomic mass is 9.99. The van der Waals surface area contributed by atoms with Crippen molar-refractivity contribution >= 4 is 11.6 Å². The van der Waals surface area contributed by atoms with Crippen molar-refractivity contribution in [2.45, 2.75) is 19.3 Å². The average Bonchev–Trinajstić information content (AvgIpc) is 3.17. The van der Waals surface area contributed by atoms with Crippen LogP contribution in [0, 0.1) is 6.92 Å². The molecule has 4 rings (SSSR count). The van der Waals surface area contributed by atoms with Gasteiger partial charge in [0.05, 0.1) is 6.54 Å². The maximum Gasteiger partial charge on any atom is 0.236 e. The van der Waals surface area contributed by atoms with Crippen molar-refractivity contribution in [3.63, 3.8) is 0 Å². The van der Waals surface area contributed by atoms with E-state index in [0.29, 0.717) is 12.5 Å². The minimum atomic E-state index is 0.272. The molecule has 0 aliphatic carbocycles. The molecule has 0 spiro atoms. The van der Waals surface area contributed by atoms with Gasteiger partial charge in [-0.2, -0.15) is 0 Å². The molecule has 0 bridgehead atoms. The molecule has 3 heterocycles. The Bertz CT molecular complexity index is 771. The number of benzene rings is 1. The molecular weight excluding hydrogens is 336 g/mol. The van der Waals surface area contributed by atoms with Gasteiger partial charge in [-0.3, -0.25) is 14.7 Å². The van der Waals surface area contributed by atoms with Crippen molar-refractivity contribution in [2.24, 2.45) is 0 Å². The van der Waals surface area contributed by atoms with Gasteiger partial charge in [0, 0.05) is 50.3 Å². The number of carbonyl (C=O) groups excluding carboxylic acids is 1. The highest BCUT2D eigenvalue weighted by Gasteiger charge is 2.28. The summed E-state index contributed by atoms with van der Waals surface area (Å²) in [5, 5.41) is 0. The summed E-state index contributed by atoms with van der Waals surface area (Å²) in [4.78, 5) is 23.7. The van der Waals surface area contributed by atoms with Crippen molar-refractivity contribution in [2.75, 3.05) is 50.7 Å². The number of hydrogen-bond acceptors (Lipinski definition) is 4. The standard InChI is InChI=1S/C22H28N4O/c1-18-15-21(7-9-23-18)25-11-13-26(14-12-25)22(27)17-24-10-8-20(16-24)19-5-3-2-4-6-19/h2-7,9,15,20H,8,10-14,16-17H2,1H3/t20-/m0/s1. The first kappa shape index (κ1) is 18.0. The van der Waals surface area contributed by atoms with E-state index in [4.69, 9.17) is 0 Å². The van der Waals surface area contributed by atoms with Gasteiger partial charge in [0.2, 0.25) is 5.91 Å². The Morgan fingerprint density at radius 1 is 1.07 bits per heavy atom. The molecule has 2 saturated heterocycles. The summed E-state index contributed by atoms with van der Waals surface area (Å²) in [5.74, 6) is 0.833. The summed E-state index contributed by atoms with van der Waals surface area (Å²) in [7, 11) is 0. The van der Waals surface area contributed by atoms with E-state index in [2.05, 4.69) is 57.2 Å². The highest BCUT2D eigenvalue weighted by Crippen LogP contribution is 2.26. The van der Waals surface area contributed by atoms with Crippen LogP contribution < -0.4 is 4.90 Å². The summed E-state index contributed by atoms with van der Waals surface area (Å²) >= 11 is 0. The average molecular weight is 364 g/mol. The number of amides is 1. The number of carbonyl (C=O) groups is 1. The Kier molecular flexibility index (Phi) is 5.39. The van der Waals surface area contributed by atoms with Crippen LogP contribution in [0.5, 0.6) is 0 Å². The molecule has 2 aliphatic rings. The van der Waals surface area contributed by atoms with E-state index in [-0.39, 0.29) is 5.91 Å². The molecule has 0 unspecified atom stereocenters. The number of nitrogens with zero attached hydrogens (tertiary/aromatic N) is 4. The Morgan fingerprint density at radius 2 is 1.85 bits per heavy atom. The van der Waals surface area contributed by atoms with E-state index >= 15 is 0 Å². The van der Waals surface area contributed by atoms with Crippen LogP contribution in [-0.4, -0.2) is 66.5 Å². The van der Waals surface area contributed by atoms with Gasteiger partial charge in [0.25, 0.3) is 0 Å². The van der Waals surface area contributed by atoms with Crippen molar-refractivity contribution in [3.8, 4) is 0 Å². The molecule has 1 aromatic heterocycles. The predicted octanol–water partition coefficient (Wildman–Crippen LogP) is 2.53. The molecule has 2 aromatic rings. The van der Waals surface area contributed by atoms with Gasteiger partial charge in [0.15, 0.2) is 0 Å². The smallest absolute Gasteiger partial charge is 0.236 e. The number of aromatic nitrogens is 1. The van der Waals surface area contributed by atoms with Crippen molar-refractivity contribution in [3.05, 3.63) is 59.9 Å². The zero-order valence-electron chi connectivity index (χ0n) is 16.1. The van der Waals surface area contributed by atoms with E-state index in [9.17, 15) is 4.79 Å². The van der Waals surface area contributed by atoms with Crippen LogP contribution in [0.25, 0.3) is 0 Å². The number of rotatable bonds is 4. The van der Waals surface area contributed by atoms with Crippen LogP contribution in [0.3, 0.4) is 0 Å². The summed E-state index contributed by atoms with van der Waals surface area (Å²) in [6.07, 6.45) is 3.01. The SMILES string of the molecule is Cc1cc(N2CCN(C(=O)CN3CC[C@H](c4ccccc4)C3)CC2)ccn1. The highest BCUT2D eigenvalue weighted by molar-refractivity contribution is 5.78. The number of hydrogen-bond donors (Lipinski definition) is 0. The first-order chi connectivity index (χ1) is 13.2. The van der Waals surface area contributed by atoms with E-state index in [0.717, 1.165) is 51.4 Å². The number of anilines is 1. The van der Waals surface area contributed by atoms with Crippen LogP contribution in [0.2, 0.25) is 0 Å². The van der Waals surface area contributed by atoms with E-state index in [1.165, 1.54) is 11.3 Å². The normalized spacial score (nSPS) is 20.9. The van der Waals surface area contributed by atoms with Gasteiger partial charge in [-0.25, -0.2) is 0 Å². The fraction of sp³-hybridized carbons (Fsp3) is 0.455. The third-order valence-corrected chi connectivity index (χ3v) is 5.78. The topological polar surface area (TPSA) is 39.7 Å². The largest absolute Gasteiger partial charge is 0.368 e. The number of aryl methyl sites for hydroxylation is 1. The molecule has 1 amide bonds. The Balaban J connectivity index is 1.26. The summed E-state index contributed by atoms with van der Waals surface area (Å²) in [5.41, 5.74) is 3.64. The number of pyridine rings is 1. The van der Waals surface area contributed by atoms with E-state index < -0.39 is 0 Å². The van der Waals surface area contributed by atoms with E-state index in [1.807, 2.05) is 18.0 Å². The molecule has 0 saturated carbocycles. The molecule has 0 radical (unpaired) electrons. The number of piperazine rings is 1. The fourth-order valence-electron chi connectivity index (χ4n) is 4.21. The van der Waals surface area contributed by atoms with Gasteiger partial charge in [-0.15, -0.1) is 0 Å². The predicted molar refractivity (Wildman–Crippen MR) is 108 cm³/mol. The highest BCUT2D eigenvalue weighted by atomic mass is 16.2. The molecule has 2 aliphatic heterocycles. The first-order valence-corrected chi connectivity index (χ1v) is 9.92. The molecule has 27 heavy (non-hydrogen) atoms. The van der Waals surface area contributed by atoms with Gasteiger partial charge in [0.1, 0.15) is 0 Å². The number of likely N-dealkylation sites (tertiary alicyclic amines) is 1. The lowest BCUT2D eigenvalue weighted by Crippen LogP contribution is -2.51. The van der Waals surface area contributed by atoms with Crippen LogP contribution in [0.4, 0.5) is 5.69 Å². The third kappa shape index (κ3) is 4.30. The maximum absolute atomic E-state index is 12.8. The van der Waals surface area contributed by atoms with Crippen LogP contribution in [-0.2, 0) is 4.79 Å². The second kappa shape index (κ2) is 8.09. The van der Waals surface area contributed by atoms with Crippen LogP contribution in [0.1, 0.15) is 23.6 Å². The molecule has 142 valence electrons. The molecule has 0 N–H and O–H groups in total. The van der Waals surface area contributed by atoms with Gasteiger partial charge < -0.3 is 9.80 Å². The molecule has 2 fully saturated rings. The summed E-state index contributed by atoms with van der Waals surface area (Å²) in [6.45, 7) is 7.96. The molecule has 1 aromatic carbocycles. The second-order valence-corrected chi connectivity index (χ2v) is 7.65. The third-order valence-electron chi connectivity index (χ3n) is 5.78. The monoisotopic (exact) mass is 364 g/mol. The summed E-state index contributed by atoms with van der Waals surface area (Å²) in [6, 6.07) is 14.8. The molecule has 5 nitrogen and oxygen atoms in total. The minimum Gasteiger partial charge on any atom is -0.368 e. The Labute approximate surface area is 161 Å².